The molecule has 0 aliphatic carbocycles. The van der Waals surface area contributed by atoms with E-state index in [1.807, 2.05) is 0 Å². The minimum atomic E-state index is -3.63. The molecule has 48 valence electrons. The normalized spacial score (nSPS) is 4.80. The first-order valence-corrected chi connectivity index (χ1v) is 2.38. The molecule has 0 spiro atoms. The van der Waals surface area contributed by atoms with E-state index >= 15 is 0 Å². The molecular weight excluding hydrogens is 201 g/mol. The van der Waals surface area contributed by atoms with Crippen molar-refractivity contribution in [3.8, 4) is 0 Å². The van der Waals surface area contributed by atoms with Crippen LogP contribution in [0.25, 0.3) is 0 Å². The summed E-state index contributed by atoms with van der Waals surface area (Å²) in [6.45, 7) is 0. The summed E-state index contributed by atoms with van der Waals surface area (Å²) < 4.78 is 8.52. The van der Waals surface area contributed by atoms with Gasteiger partial charge in [0.25, 0.3) is 0 Å². The van der Waals surface area contributed by atoms with E-state index < -0.39 is 14.3 Å². The number of hydrogen-bond donors (Lipinski definition) is 0. The maximum Gasteiger partial charge on any atom is 2.00 e. The van der Waals surface area contributed by atoms with E-state index in [1.165, 1.54) is 0 Å². The molecular formula is CaNNaO6Si. The van der Waals surface area contributed by atoms with Crippen LogP contribution in [0.5, 0.6) is 0 Å². The van der Waals surface area contributed by atoms with Gasteiger partial charge in [-0.25, -0.2) is 0 Å². The average Bonchev–Trinajstić information content (AvgIpc) is 1.25. The molecule has 0 saturated heterocycles. The van der Waals surface area contributed by atoms with Gasteiger partial charge in [0, 0.05) is 9.17 Å². The Morgan fingerprint density at radius 2 is 1.20 bits per heavy atom. The van der Waals surface area contributed by atoms with E-state index in [0.717, 1.165) is 0 Å². The third-order valence-corrected chi connectivity index (χ3v) is 0. The zero-order valence-corrected chi connectivity index (χ0v) is 10.3. The molecule has 0 atom stereocenters. The molecule has 0 radical (unpaired) electrons. The molecule has 0 aliphatic heterocycles. The Labute approximate surface area is 109 Å². The second-order valence-corrected chi connectivity index (χ2v) is 0.974. The van der Waals surface area contributed by atoms with E-state index in [1.54, 1.807) is 0 Å². The van der Waals surface area contributed by atoms with Crippen molar-refractivity contribution in [2.45, 2.75) is 0 Å². The SMILES string of the molecule is O=[N+]([O-])[O-].O=[Si]([O-])[O-].[Ca+2].[Na+]. The van der Waals surface area contributed by atoms with E-state index in [0.29, 0.717) is 0 Å². The van der Waals surface area contributed by atoms with Gasteiger partial charge in [0.05, 0.1) is 5.09 Å². The standard InChI is InChI=1S/Ca.NO3.Na.O3Si/c;2-1(3)4;;1-4(2)3/q+2;-1;+1;-2. The van der Waals surface area contributed by atoms with Crippen LogP contribution in [-0.4, -0.2) is 52.0 Å². The number of rotatable bonds is 0. The monoisotopic (exact) mass is 201 g/mol. The molecule has 10 heteroatoms. The molecule has 0 aromatic carbocycles. The summed E-state index contributed by atoms with van der Waals surface area (Å²) in [5.41, 5.74) is 0. The molecule has 0 saturated carbocycles. The molecule has 0 N–H and O–H groups in total. The summed E-state index contributed by atoms with van der Waals surface area (Å²) in [5.74, 6) is 0. The van der Waals surface area contributed by atoms with Crippen LogP contribution in [-0.2, 0) is 4.46 Å². The van der Waals surface area contributed by atoms with Gasteiger partial charge >= 0.3 is 67.3 Å². The zero-order valence-electron chi connectivity index (χ0n) is 5.10. The first-order valence-electron chi connectivity index (χ1n) is 1.16. The first kappa shape index (κ1) is 22.5. The largest absolute Gasteiger partial charge is 2.00 e. The Bertz CT molecular complexity index is 75.7. The van der Waals surface area contributed by atoms with Crippen molar-refractivity contribution in [2.75, 3.05) is 0 Å². The van der Waals surface area contributed by atoms with Gasteiger partial charge in [0.15, 0.2) is 0 Å². The molecule has 0 unspecified atom stereocenters. The first-order chi connectivity index (χ1) is 3.46. The predicted octanol–water partition coefficient (Wildman–Crippen LogP) is -6.49. The van der Waals surface area contributed by atoms with Gasteiger partial charge in [-0.1, -0.05) is 0 Å². The third kappa shape index (κ3) is 511. The molecule has 0 rings (SSSR count). The molecule has 0 fully saturated rings. The van der Waals surface area contributed by atoms with Crippen LogP contribution in [0.3, 0.4) is 0 Å². The van der Waals surface area contributed by atoms with Gasteiger partial charge in [0.2, 0.25) is 0 Å². The predicted molar refractivity (Wildman–Crippen MR) is 22.6 cm³/mol. The Hall–Kier alpha value is 1.08. The van der Waals surface area contributed by atoms with Crippen molar-refractivity contribution in [1.82, 2.24) is 0 Å². The summed E-state index contributed by atoms with van der Waals surface area (Å²) >= 11 is 0. The maximum atomic E-state index is 8.52. The van der Waals surface area contributed by atoms with Crippen LogP contribution in [0.1, 0.15) is 0 Å². The summed E-state index contributed by atoms with van der Waals surface area (Å²) in [4.78, 5) is 25.3. The molecule has 0 amide bonds. The Balaban J connectivity index is -0.0000000300. The molecule has 0 aliphatic rings. The van der Waals surface area contributed by atoms with Gasteiger partial charge in [-0.05, 0) is 0 Å². The zero-order chi connectivity index (χ0) is 7.15. The van der Waals surface area contributed by atoms with Crippen molar-refractivity contribution >= 4 is 46.9 Å². The molecule has 10 heavy (non-hydrogen) atoms. The van der Waals surface area contributed by atoms with E-state index in [-0.39, 0.29) is 67.3 Å². The minimum absolute atomic E-state index is 0. The molecule has 0 aromatic heterocycles. The van der Waals surface area contributed by atoms with Crippen LogP contribution in [0.4, 0.5) is 0 Å². The van der Waals surface area contributed by atoms with Crippen molar-refractivity contribution < 1.29 is 48.7 Å². The Kier molecular flexibility index (Phi) is 37.2. The smallest absolute Gasteiger partial charge is 0.672 e. The van der Waals surface area contributed by atoms with Crippen LogP contribution in [0, 0.1) is 15.3 Å². The summed E-state index contributed by atoms with van der Waals surface area (Å²) in [5, 5.41) is 14.8. The summed E-state index contributed by atoms with van der Waals surface area (Å²) in [6, 6.07) is 0. The Morgan fingerprint density at radius 1 is 1.20 bits per heavy atom. The summed E-state index contributed by atoms with van der Waals surface area (Å²) in [7, 11) is -3.63. The van der Waals surface area contributed by atoms with Crippen molar-refractivity contribution in [2.24, 2.45) is 0 Å². The fourth-order valence-electron chi connectivity index (χ4n) is 0. The second kappa shape index (κ2) is 16.6. The van der Waals surface area contributed by atoms with E-state index in [9.17, 15) is 0 Å². The fourth-order valence-corrected chi connectivity index (χ4v) is 0. The average molecular weight is 201 g/mol. The molecule has 7 nitrogen and oxygen atoms in total. The minimum Gasteiger partial charge on any atom is -0.672 e. The van der Waals surface area contributed by atoms with Crippen LogP contribution in [0.15, 0.2) is 0 Å². The topological polar surface area (TPSA) is 129 Å². The quantitative estimate of drug-likeness (QED) is 0.217. The van der Waals surface area contributed by atoms with Crippen LogP contribution < -0.4 is 39.1 Å². The third-order valence-electron chi connectivity index (χ3n) is 0. The van der Waals surface area contributed by atoms with Gasteiger partial charge in [-0.15, -0.1) is 0 Å². The van der Waals surface area contributed by atoms with Gasteiger partial charge < -0.3 is 29.4 Å². The number of nitrogens with zero attached hydrogens (tertiary/aromatic N) is 1. The fraction of sp³-hybridized carbons (Fsp3) is 0. The van der Waals surface area contributed by atoms with Crippen LogP contribution in [0.2, 0.25) is 0 Å². The Morgan fingerprint density at radius 3 is 1.20 bits per heavy atom. The summed E-state index contributed by atoms with van der Waals surface area (Å²) in [6.07, 6.45) is 0. The van der Waals surface area contributed by atoms with Crippen molar-refractivity contribution in [3.05, 3.63) is 15.3 Å². The van der Waals surface area contributed by atoms with E-state index in [4.69, 9.17) is 29.4 Å². The van der Waals surface area contributed by atoms with Crippen molar-refractivity contribution in [1.29, 1.82) is 0 Å². The van der Waals surface area contributed by atoms with Gasteiger partial charge in [-0.3, -0.25) is 0 Å². The van der Waals surface area contributed by atoms with Crippen molar-refractivity contribution in [3.63, 3.8) is 0 Å². The maximum absolute atomic E-state index is 8.52. The molecule has 0 bridgehead atoms. The van der Waals surface area contributed by atoms with E-state index in [2.05, 4.69) is 0 Å². The molecule has 0 heterocycles. The second-order valence-electron chi connectivity index (χ2n) is 0.474. The number of hydrogen-bond acceptors (Lipinski definition) is 6. The molecule has 0 aromatic rings. The van der Waals surface area contributed by atoms with Crippen LogP contribution >= 0.6 is 0 Å². The van der Waals surface area contributed by atoms with Gasteiger partial charge in [0.1, 0.15) is 0 Å². The van der Waals surface area contributed by atoms with Gasteiger partial charge in [-0.2, -0.15) is 0 Å².